The third-order valence-electron chi connectivity index (χ3n) is 6.54. The van der Waals surface area contributed by atoms with Crippen LogP contribution in [0.3, 0.4) is 0 Å². The fourth-order valence-electron chi connectivity index (χ4n) is 5.45. The van der Waals surface area contributed by atoms with Gasteiger partial charge in [0.1, 0.15) is 0 Å². The number of piperidine rings is 1. The van der Waals surface area contributed by atoms with Gasteiger partial charge in [-0.2, -0.15) is 0 Å². The number of carbonyl (C=O) groups is 1. The third kappa shape index (κ3) is 2.61. The summed E-state index contributed by atoms with van der Waals surface area (Å²) >= 11 is 0. The van der Waals surface area contributed by atoms with Crippen LogP contribution in [0.15, 0.2) is 0 Å². The molecule has 2 heterocycles. The molecular formula is C16H29N3O3S. The van der Waals surface area contributed by atoms with Crippen LogP contribution < -0.4 is 0 Å². The molecule has 1 spiro atoms. The van der Waals surface area contributed by atoms with Crippen molar-refractivity contribution in [3.63, 3.8) is 0 Å². The van der Waals surface area contributed by atoms with E-state index in [1.807, 2.05) is 14.1 Å². The molecule has 0 N–H and O–H groups in total. The molecule has 0 aromatic carbocycles. The Bertz CT molecular complexity index is 596. The van der Waals surface area contributed by atoms with E-state index >= 15 is 0 Å². The van der Waals surface area contributed by atoms with Gasteiger partial charge in [-0.3, -0.25) is 4.79 Å². The SMILES string of the molecule is CN1C[C@H]2C3(CCN(S(C)(=O)=O)CC3)CC[C@@]2(C(=O)N(C)C)C1. The van der Waals surface area contributed by atoms with Crippen molar-refractivity contribution in [2.45, 2.75) is 25.7 Å². The van der Waals surface area contributed by atoms with E-state index in [2.05, 4.69) is 11.9 Å². The summed E-state index contributed by atoms with van der Waals surface area (Å²) in [6, 6.07) is 0. The molecule has 7 heteroatoms. The number of rotatable bonds is 2. The highest BCUT2D eigenvalue weighted by atomic mass is 32.2. The topological polar surface area (TPSA) is 60.9 Å². The normalized spacial score (nSPS) is 34.7. The summed E-state index contributed by atoms with van der Waals surface area (Å²) in [6.07, 6.45) is 5.07. The molecule has 0 aromatic rings. The van der Waals surface area contributed by atoms with Crippen molar-refractivity contribution in [3.05, 3.63) is 0 Å². The molecule has 2 saturated heterocycles. The van der Waals surface area contributed by atoms with Gasteiger partial charge < -0.3 is 9.80 Å². The van der Waals surface area contributed by atoms with Crippen LogP contribution in [0.5, 0.6) is 0 Å². The standard InChI is InChI=1S/C16H29N3O3S/c1-17(2)14(20)16-6-5-15(13(16)11-18(3)12-16)7-9-19(10-8-15)23(4,21)22/h13H,5-12H2,1-4H3/t13-,16+/m0/s1. The zero-order chi connectivity index (χ0) is 17.0. The first kappa shape index (κ1) is 17.2. The second-order valence-electron chi connectivity index (χ2n) is 8.13. The molecule has 3 aliphatic rings. The number of likely N-dealkylation sites (tertiary alicyclic amines) is 1. The maximum absolute atomic E-state index is 12.9. The van der Waals surface area contributed by atoms with E-state index in [0.717, 1.165) is 38.8 Å². The van der Waals surface area contributed by atoms with Crippen LogP contribution in [0, 0.1) is 16.7 Å². The predicted octanol–water partition coefficient (Wildman–Crippen LogP) is 0.458. The molecule has 1 amide bonds. The van der Waals surface area contributed by atoms with Gasteiger partial charge in [-0.05, 0) is 44.1 Å². The number of nitrogens with zero attached hydrogens (tertiary/aromatic N) is 3. The maximum atomic E-state index is 12.9. The van der Waals surface area contributed by atoms with Gasteiger partial charge in [-0.25, -0.2) is 12.7 Å². The molecule has 3 rings (SSSR count). The van der Waals surface area contributed by atoms with E-state index in [9.17, 15) is 13.2 Å². The van der Waals surface area contributed by atoms with E-state index in [0.29, 0.717) is 19.0 Å². The first-order chi connectivity index (χ1) is 10.6. The highest BCUT2D eigenvalue weighted by Crippen LogP contribution is 2.62. The molecule has 3 fully saturated rings. The predicted molar refractivity (Wildman–Crippen MR) is 89.4 cm³/mol. The van der Waals surface area contributed by atoms with Crippen molar-refractivity contribution in [3.8, 4) is 0 Å². The second-order valence-corrected chi connectivity index (χ2v) is 10.1. The number of amides is 1. The lowest BCUT2D eigenvalue weighted by Gasteiger charge is -2.44. The first-order valence-corrected chi connectivity index (χ1v) is 10.3. The molecule has 0 bridgehead atoms. The minimum absolute atomic E-state index is 0.137. The Labute approximate surface area is 139 Å². The van der Waals surface area contributed by atoms with Crippen molar-refractivity contribution in [2.24, 2.45) is 16.7 Å². The van der Waals surface area contributed by atoms with Crippen LogP contribution in [-0.2, 0) is 14.8 Å². The fourth-order valence-corrected chi connectivity index (χ4v) is 6.30. The number of fused-ring (bicyclic) bond motifs is 2. The summed E-state index contributed by atoms with van der Waals surface area (Å²) in [5, 5.41) is 0. The van der Waals surface area contributed by atoms with Gasteiger partial charge in [0.15, 0.2) is 0 Å². The Hall–Kier alpha value is -0.660. The van der Waals surface area contributed by atoms with E-state index in [1.165, 1.54) is 6.26 Å². The maximum Gasteiger partial charge on any atom is 0.229 e. The highest BCUT2D eigenvalue weighted by molar-refractivity contribution is 7.88. The van der Waals surface area contributed by atoms with Crippen molar-refractivity contribution < 1.29 is 13.2 Å². The van der Waals surface area contributed by atoms with E-state index in [1.54, 1.807) is 9.21 Å². The van der Waals surface area contributed by atoms with Gasteiger partial charge in [0.2, 0.25) is 15.9 Å². The van der Waals surface area contributed by atoms with Gasteiger partial charge in [-0.1, -0.05) is 0 Å². The van der Waals surface area contributed by atoms with E-state index in [4.69, 9.17) is 0 Å². The van der Waals surface area contributed by atoms with E-state index < -0.39 is 10.0 Å². The summed E-state index contributed by atoms with van der Waals surface area (Å²) in [4.78, 5) is 17.0. The Kier molecular flexibility index (Phi) is 4.05. The zero-order valence-corrected chi connectivity index (χ0v) is 15.5. The molecule has 0 unspecified atom stereocenters. The molecule has 1 aliphatic carbocycles. The molecule has 1 saturated carbocycles. The van der Waals surface area contributed by atoms with Gasteiger partial charge in [0, 0.05) is 40.3 Å². The van der Waals surface area contributed by atoms with Gasteiger partial charge in [0.25, 0.3) is 0 Å². The van der Waals surface area contributed by atoms with Crippen LogP contribution in [0.1, 0.15) is 25.7 Å². The second kappa shape index (κ2) is 5.43. The van der Waals surface area contributed by atoms with Crippen LogP contribution in [0.25, 0.3) is 0 Å². The molecule has 0 radical (unpaired) electrons. The van der Waals surface area contributed by atoms with Gasteiger partial charge >= 0.3 is 0 Å². The van der Waals surface area contributed by atoms with E-state index in [-0.39, 0.29) is 16.7 Å². The quantitative estimate of drug-likeness (QED) is 0.731. The Morgan fingerprint density at radius 1 is 1.13 bits per heavy atom. The highest BCUT2D eigenvalue weighted by Gasteiger charge is 2.64. The molecular weight excluding hydrogens is 314 g/mol. The van der Waals surface area contributed by atoms with Crippen molar-refractivity contribution in [1.82, 2.24) is 14.1 Å². The average Bonchev–Trinajstić information content (AvgIpc) is 2.94. The average molecular weight is 343 g/mol. The Balaban J connectivity index is 1.86. The molecule has 23 heavy (non-hydrogen) atoms. The molecule has 0 aromatic heterocycles. The fraction of sp³-hybridized carbons (Fsp3) is 0.938. The van der Waals surface area contributed by atoms with Gasteiger partial charge in [0.05, 0.1) is 11.7 Å². The van der Waals surface area contributed by atoms with Crippen molar-refractivity contribution in [1.29, 1.82) is 0 Å². The molecule has 2 aliphatic heterocycles. The van der Waals surface area contributed by atoms with Crippen LogP contribution in [0.2, 0.25) is 0 Å². The number of carbonyl (C=O) groups excluding carboxylic acids is 1. The van der Waals surface area contributed by atoms with Crippen molar-refractivity contribution >= 4 is 15.9 Å². The summed E-state index contributed by atoms with van der Waals surface area (Å²) in [7, 11) is 2.70. The first-order valence-electron chi connectivity index (χ1n) is 8.46. The number of sulfonamides is 1. The summed E-state index contributed by atoms with van der Waals surface area (Å²) in [6.45, 7) is 3.00. The lowest BCUT2D eigenvalue weighted by atomic mass is 9.66. The lowest BCUT2D eigenvalue weighted by Crippen LogP contribution is -2.49. The number of hydrogen-bond acceptors (Lipinski definition) is 4. The Morgan fingerprint density at radius 2 is 1.74 bits per heavy atom. The largest absolute Gasteiger partial charge is 0.348 e. The molecule has 6 nitrogen and oxygen atoms in total. The molecule has 132 valence electrons. The smallest absolute Gasteiger partial charge is 0.229 e. The summed E-state index contributed by atoms with van der Waals surface area (Å²) < 4.78 is 25.2. The summed E-state index contributed by atoms with van der Waals surface area (Å²) in [5.74, 6) is 0.617. The number of hydrogen-bond donors (Lipinski definition) is 0. The third-order valence-corrected chi connectivity index (χ3v) is 7.84. The van der Waals surface area contributed by atoms with Crippen molar-refractivity contribution in [2.75, 3.05) is 53.6 Å². The molecule has 2 atom stereocenters. The minimum atomic E-state index is -3.10. The zero-order valence-electron chi connectivity index (χ0n) is 14.7. The Morgan fingerprint density at radius 3 is 2.26 bits per heavy atom. The lowest BCUT2D eigenvalue weighted by molar-refractivity contribution is -0.141. The van der Waals surface area contributed by atoms with Gasteiger partial charge in [-0.15, -0.1) is 0 Å². The minimum Gasteiger partial charge on any atom is -0.348 e. The van der Waals surface area contributed by atoms with Crippen LogP contribution in [-0.4, -0.2) is 82.0 Å². The monoisotopic (exact) mass is 343 g/mol. The summed E-state index contributed by atoms with van der Waals surface area (Å²) in [5.41, 5.74) is -0.122. The van der Waals surface area contributed by atoms with Crippen LogP contribution >= 0.6 is 0 Å². The van der Waals surface area contributed by atoms with Crippen LogP contribution in [0.4, 0.5) is 0 Å².